The zero-order valence-corrected chi connectivity index (χ0v) is 16.5. The summed E-state index contributed by atoms with van der Waals surface area (Å²) in [5.41, 5.74) is 2.80. The smallest absolute Gasteiger partial charge is 0.198 e. The van der Waals surface area contributed by atoms with Gasteiger partial charge in [0.1, 0.15) is 5.82 Å². The van der Waals surface area contributed by atoms with Gasteiger partial charge in [-0.05, 0) is 25.5 Å². The Morgan fingerprint density at radius 3 is 2.54 bits per heavy atom. The largest absolute Gasteiger partial charge is 0.493 e. The maximum atomic E-state index is 5.41. The van der Waals surface area contributed by atoms with Crippen molar-refractivity contribution >= 4 is 5.65 Å². The first-order chi connectivity index (χ1) is 13.7. The molecule has 0 saturated carbocycles. The maximum Gasteiger partial charge on any atom is 0.198 e. The lowest BCUT2D eigenvalue weighted by molar-refractivity contribution is 0.416. The van der Waals surface area contributed by atoms with E-state index in [4.69, 9.17) is 14.8 Å². The summed E-state index contributed by atoms with van der Waals surface area (Å²) in [5, 5.41) is 9.35. The molecule has 7 nitrogen and oxygen atoms in total. The highest BCUT2D eigenvalue weighted by molar-refractivity contribution is 5.54. The molecule has 0 bridgehead atoms. The van der Waals surface area contributed by atoms with Gasteiger partial charge < -0.3 is 4.74 Å². The van der Waals surface area contributed by atoms with Gasteiger partial charge in [-0.3, -0.25) is 0 Å². The van der Waals surface area contributed by atoms with Gasteiger partial charge in [-0.25, -0.2) is 19.2 Å². The van der Waals surface area contributed by atoms with Crippen molar-refractivity contribution in [3.8, 4) is 17.1 Å². The van der Waals surface area contributed by atoms with Crippen molar-refractivity contribution in [1.82, 2.24) is 29.4 Å². The lowest BCUT2D eigenvalue weighted by Crippen LogP contribution is -2.07. The third-order valence-electron chi connectivity index (χ3n) is 4.69. The number of fused-ring (bicyclic) bond motifs is 1. The Morgan fingerprint density at radius 1 is 0.964 bits per heavy atom. The highest BCUT2D eigenvalue weighted by atomic mass is 16.5. The first kappa shape index (κ1) is 18.2. The molecule has 0 unspecified atom stereocenters. The van der Waals surface area contributed by atoms with Gasteiger partial charge in [-0.1, -0.05) is 37.3 Å². The highest BCUT2D eigenvalue weighted by Crippen LogP contribution is 2.20. The Labute approximate surface area is 164 Å². The monoisotopic (exact) mass is 376 g/mol. The molecule has 0 aliphatic rings. The molecule has 0 fully saturated rings. The van der Waals surface area contributed by atoms with Crippen molar-refractivity contribution in [3.05, 3.63) is 59.8 Å². The van der Waals surface area contributed by atoms with Crippen LogP contribution in [0.25, 0.3) is 17.0 Å². The summed E-state index contributed by atoms with van der Waals surface area (Å²) in [5.74, 6) is 3.23. The summed E-state index contributed by atoms with van der Waals surface area (Å²) in [6.45, 7) is 5.00. The number of aryl methyl sites for hydroxylation is 4. The second kappa shape index (κ2) is 7.80. The van der Waals surface area contributed by atoms with Crippen LogP contribution in [0.4, 0.5) is 0 Å². The SMILES string of the molecule is CCCn1nc(-c2ccccc2)nc1CCc1nc2c(OC)ccc(C)n2n1. The number of pyridine rings is 1. The van der Waals surface area contributed by atoms with Gasteiger partial charge in [0, 0.05) is 30.6 Å². The molecular formula is C21H24N6O. The number of methoxy groups -OCH3 is 1. The number of aromatic nitrogens is 6. The van der Waals surface area contributed by atoms with E-state index in [1.807, 2.05) is 58.6 Å². The molecule has 0 N–H and O–H groups in total. The Hall–Kier alpha value is -3.22. The number of hydrogen-bond acceptors (Lipinski definition) is 5. The van der Waals surface area contributed by atoms with Gasteiger partial charge in [-0.2, -0.15) is 10.2 Å². The Kier molecular flexibility index (Phi) is 5.06. The third-order valence-corrected chi connectivity index (χ3v) is 4.69. The quantitative estimate of drug-likeness (QED) is 0.494. The second-order valence-electron chi connectivity index (χ2n) is 6.75. The van der Waals surface area contributed by atoms with Crippen LogP contribution in [0, 0.1) is 6.92 Å². The molecule has 3 aromatic heterocycles. The Balaban J connectivity index is 1.60. The van der Waals surface area contributed by atoms with Crippen molar-refractivity contribution in [3.63, 3.8) is 0 Å². The van der Waals surface area contributed by atoms with Gasteiger partial charge in [0.2, 0.25) is 0 Å². The molecule has 0 spiro atoms. The minimum atomic E-state index is 0.695. The fourth-order valence-electron chi connectivity index (χ4n) is 3.25. The maximum absolute atomic E-state index is 5.41. The molecule has 0 saturated heterocycles. The third kappa shape index (κ3) is 3.47. The first-order valence-corrected chi connectivity index (χ1v) is 9.58. The molecular weight excluding hydrogens is 352 g/mol. The summed E-state index contributed by atoms with van der Waals surface area (Å²) < 4.78 is 9.25. The summed E-state index contributed by atoms with van der Waals surface area (Å²) in [4.78, 5) is 9.45. The van der Waals surface area contributed by atoms with Crippen LogP contribution in [0.2, 0.25) is 0 Å². The molecule has 0 atom stereocenters. The highest BCUT2D eigenvalue weighted by Gasteiger charge is 2.14. The van der Waals surface area contributed by atoms with Gasteiger partial charge in [0.05, 0.1) is 7.11 Å². The van der Waals surface area contributed by atoms with E-state index >= 15 is 0 Å². The topological polar surface area (TPSA) is 70.1 Å². The first-order valence-electron chi connectivity index (χ1n) is 9.58. The van der Waals surface area contributed by atoms with E-state index in [-0.39, 0.29) is 0 Å². The van der Waals surface area contributed by atoms with Crippen LogP contribution in [0.5, 0.6) is 5.75 Å². The van der Waals surface area contributed by atoms with Crippen molar-refractivity contribution in [2.75, 3.05) is 7.11 Å². The number of nitrogens with zero attached hydrogens (tertiary/aromatic N) is 6. The molecule has 28 heavy (non-hydrogen) atoms. The average molecular weight is 376 g/mol. The van der Waals surface area contributed by atoms with Crippen LogP contribution in [0.1, 0.15) is 30.7 Å². The summed E-state index contributed by atoms with van der Waals surface area (Å²) in [6.07, 6.45) is 2.44. The molecule has 144 valence electrons. The van der Waals surface area contributed by atoms with Crippen LogP contribution in [0.15, 0.2) is 42.5 Å². The Bertz CT molecular complexity index is 1080. The van der Waals surface area contributed by atoms with Gasteiger partial charge >= 0.3 is 0 Å². The zero-order valence-electron chi connectivity index (χ0n) is 16.5. The predicted molar refractivity (Wildman–Crippen MR) is 107 cm³/mol. The lowest BCUT2D eigenvalue weighted by Gasteiger charge is -2.02. The van der Waals surface area contributed by atoms with Crippen molar-refractivity contribution < 1.29 is 4.74 Å². The zero-order chi connectivity index (χ0) is 19.5. The minimum absolute atomic E-state index is 0.695. The number of benzene rings is 1. The van der Waals surface area contributed by atoms with Crippen LogP contribution in [0.3, 0.4) is 0 Å². The predicted octanol–water partition coefficient (Wildman–Crippen LogP) is 3.50. The molecule has 3 heterocycles. The molecule has 0 aliphatic carbocycles. The van der Waals surface area contributed by atoms with E-state index in [0.717, 1.165) is 59.5 Å². The molecule has 0 radical (unpaired) electrons. The van der Waals surface area contributed by atoms with Gasteiger partial charge in [0.25, 0.3) is 0 Å². The lowest BCUT2D eigenvalue weighted by atomic mass is 10.2. The van der Waals surface area contributed by atoms with E-state index < -0.39 is 0 Å². The van der Waals surface area contributed by atoms with Crippen LogP contribution in [-0.2, 0) is 19.4 Å². The van der Waals surface area contributed by atoms with E-state index in [0.29, 0.717) is 6.42 Å². The van der Waals surface area contributed by atoms with Crippen molar-refractivity contribution in [2.45, 2.75) is 39.7 Å². The molecule has 4 rings (SSSR count). The van der Waals surface area contributed by atoms with E-state index in [1.165, 1.54) is 0 Å². The minimum Gasteiger partial charge on any atom is -0.493 e. The van der Waals surface area contributed by atoms with Gasteiger partial charge in [0.15, 0.2) is 23.0 Å². The average Bonchev–Trinajstić information content (AvgIpc) is 3.33. The Morgan fingerprint density at radius 2 is 1.79 bits per heavy atom. The van der Waals surface area contributed by atoms with Gasteiger partial charge in [-0.15, -0.1) is 0 Å². The van der Waals surface area contributed by atoms with Crippen molar-refractivity contribution in [1.29, 1.82) is 0 Å². The summed E-state index contributed by atoms with van der Waals surface area (Å²) in [6, 6.07) is 14.0. The van der Waals surface area contributed by atoms with Crippen LogP contribution in [-0.4, -0.2) is 36.5 Å². The standard InChI is InChI=1S/C21H24N6O/c1-4-14-26-19(23-20(25-26)16-8-6-5-7-9-16)13-12-18-22-21-17(28-3)11-10-15(2)27(21)24-18/h5-11H,4,12-14H2,1-3H3. The number of rotatable bonds is 7. The van der Waals surface area contributed by atoms with Crippen molar-refractivity contribution in [2.24, 2.45) is 0 Å². The van der Waals surface area contributed by atoms with E-state index in [9.17, 15) is 0 Å². The molecule has 7 heteroatoms. The summed E-state index contributed by atoms with van der Waals surface area (Å²) in [7, 11) is 1.65. The van der Waals surface area contributed by atoms with E-state index in [2.05, 4.69) is 17.0 Å². The second-order valence-corrected chi connectivity index (χ2v) is 6.75. The van der Waals surface area contributed by atoms with Crippen LogP contribution >= 0.6 is 0 Å². The molecule has 0 amide bonds. The number of hydrogen-bond donors (Lipinski definition) is 0. The fraction of sp³-hybridized carbons (Fsp3) is 0.333. The molecule has 4 aromatic rings. The summed E-state index contributed by atoms with van der Waals surface area (Å²) >= 11 is 0. The van der Waals surface area contributed by atoms with E-state index in [1.54, 1.807) is 7.11 Å². The number of ether oxygens (including phenoxy) is 1. The fourth-order valence-corrected chi connectivity index (χ4v) is 3.25. The normalized spacial score (nSPS) is 11.2. The molecule has 0 aliphatic heterocycles. The molecule has 1 aromatic carbocycles. The van der Waals surface area contributed by atoms with Crippen LogP contribution < -0.4 is 4.74 Å².